The largest absolute Gasteiger partial charge is 0.460 e. The molecule has 7 rings (SSSR count). The Balaban J connectivity index is 0.840. The molecule has 84 heavy (non-hydrogen) atoms. The van der Waals surface area contributed by atoms with Gasteiger partial charge in [-0.25, -0.2) is 9.78 Å². The third-order valence-corrected chi connectivity index (χ3v) is 16.4. The minimum Gasteiger partial charge on any atom is -0.460 e. The molecule has 3 aromatic heterocycles. The van der Waals surface area contributed by atoms with Crippen LogP contribution < -0.4 is 21.3 Å². The number of hydrogen-bond acceptors (Lipinski definition) is 17. The molecule has 0 bridgehead atoms. The van der Waals surface area contributed by atoms with Crippen LogP contribution in [0.1, 0.15) is 131 Å². The Bertz CT molecular complexity index is 3110. The minimum absolute atomic E-state index is 0.0439. The van der Waals surface area contributed by atoms with Crippen molar-refractivity contribution < 1.29 is 52.5 Å². The van der Waals surface area contributed by atoms with Gasteiger partial charge in [-0.05, 0) is 95.5 Å². The van der Waals surface area contributed by atoms with E-state index in [1.165, 1.54) is 4.90 Å². The molecular formula is C60H79ClN10O11S2. The molecular weight excluding hydrogens is 1140 g/mol. The number of aliphatic imine (C=N–C) groups is 1. The van der Waals surface area contributed by atoms with Crippen LogP contribution in [0.5, 0.6) is 0 Å². The Labute approximate surface area is 504 Å². The lowest BCUT2D eigenvalue weighted by Crippen LogP contribution is -2.58. The van der Waals surface area contributed by atoms with Gasteiger partial charge < -0.3 is 49.9 Å². The van der Waals surface area contributed by atoms with E-state index in [1.54, 1.807) is 49.0 Å². The molecule has 21 nitrogen and oxygen atoms in total. The first-order valence-corrected chi connectivity index (χ1v) is 30.4. The van der Waals surface area contributed by atoms with Crippen LogP contribution in [0.4, 0.5) is 4.79 Å². The summed E-state index contributed by atoms with van der Waals surface area (Å²) in [6.45, 7) is 20.2. The van der Waals surface area contributed by atoms with Crippen LogP contribution in [0.25, 0.3) is 15.4 Å². The van der Waals surface area contributed by atoms with Gasteiger partial charge in [0, 0.05) is 53.5 Å². The van der Waals surface area contributed by atoms with E-state index in [-0.39, 0.29) is 84.4 Å². The molecule has 0 saturated carbocycles. The Morgan fingerprint density at radius 3 is 2.15 bits per heavy atom. The quantitative estimate of drug-likeness (QED) is 0.0285. The third-order valence-electron chi connectivity index (χ3n) is 14.0. The lowest BCUT2D eigenvalue weighted by atomic mass is 9.85. The highest BCUT2D eigenvalue weighted by Gasteiger charge is 2.46. The van der Waals surface area contributed by atoms with Crippen LogP contribution in [0.3, 0.4) is 0 Å². The normalized spacial score (nSPS) is 16.2. The highest BCUT2D eigenvalue weighted by Crippen LogP contribution is 2.40. The molecule has 4 N–H and O–H groups in total. The SMILES string of the molecule is Cc1ncsc1-c1ccc(CNC(=O)[C@@H]2C[C@@H](OC(=O)CCCCCNC(=O)OC(C)(C)C)CN2C(=O)[C@@H](NC(=O)COCCOCCOCCNC(=O)C[C@@H]2N=C(c3ccc(Cl)cc3)c3c(sc(C)c3C)-n3c(C)nnc32)C(C)(C)C)cc1. The molecule has 2 aliphatic rings. The number of amides is 5. The smallest absolute Gasteiger partial charge is 0.407 e. The first-order chi connectivity index (χ1) is 40.0. The van der Waals surface area contributed by atoms with Crippen molar-refractivity contribution in [3.05, 3.63) is 104 Å². The summed E-state index contributed by atoms with van der Waals surface area (Å²) in [5.41, 5.74) is 6.93. The van der Waals surface area contributed by atoms with E-state index in [0.29, 0.717) is 42.5 Å². The molecule has 1 fully saturated rings. The number of halogens is 1. The highest BCUT2D eigenvalue weighted by atomic mass is 35.5. The summed E-state index contributed by atoms with van der Waals surface area (Å²) in [4.78, 5) is 93.6. The maximum Gasteiger partial charge on any atom is 0.407 e. The zero-order valence-corrected chi connectivity index (χ0v) is 52.1. The second kappa shape index (κ2) is 29.9. The number of ether oxygens (including phenoxy) is 5. The number of benzene rings is 2. The van der Waals surface area contributed by atoms with Crippen molar-refractivity contribution >= 4 is 75.7 Å². The topological polar surface area (TPSA) is 256 Å². The van der Waals surface area contributed by atoms with E-state index in [2.05, 4.69) is 50.3 Å². The molecule has 0 radical (unpaired) electrons. The predicted molar refractivity (Wildman–Crippen MR) is 322 cm³/mol. The number of thiophene rings is 1. The third kappa shape index (κ3) is 18.2. The van der Waals surface area contributed by atoms with Gasteiger partial charge in [0.25, 0.3) is 0 Å². The maximum atomic E-state index is 14.6. The molecule has 454 valence electrons. The predicted octanol–water partition coefficient (Wildman–Crippen LogP) is 8.23. The molecule has 0 unspecified atom stereocenters. The lowest BCUT2D eigenvalue weighted by molar-refractivity contribution is -0.150. The van der Waals surface area contributed by atoms with Gasteiger partial charge in [0.1, 0.15) is 47.3 Å². The number of alkyl carbamates (subject to hydrolysis) is 1. The Hall–Kier alpha value is -6.63. The molecule has 2 aromatic carbocycles. The summed E-state index contributed by atoms with van der Waals surface area (Å²) < 4.78 is 30.1. The Morgan fingerprint density at radius 2 is 1.48 bits per heavy atom. The number of fused-ring (bicyclic) bond motifs is 3. The van der Waals surface area contributed by atoms with Crippen molar-refractivity contribution in [1.82, 2.24) is 45.9 Å². The van der Waals surface area contributed by atoms with Crippen molar-refractivity contribution in [1.29, 1.82) is 0 Å². The first-order valence-electron chi connectivity index (χ1n) is 28.4. The Morgan fingerprint density at radius 1 is 0.786 bits per heavy atom. The monoisotopic (exact) mass is 1210 g/mol. The number of carbonyl (C=O) groups is 6. The lowest BCUT2D eigenvalue weighted by Gasteiger charge is -2.35. The van der Waals surface area contributed by atoms with Gasteiger partial charge in [-0.1, -0.05) is 75.2 Å². The fraction of sp³-hybridized carbons (Fsp3) is 0.533. The van der Waals surface area contributed by atoms with E-state index in [4.69, 9.17) is 40.3 Å². The Kier molecular flexibility index (Phi) is 23.1. The molecule has 2 aliphatic heterocycles. The van der Waals surface area contributed by atoms with Crippen LogP contribution in [0.2, 0.25) is 5.02 Å². The van der Waals surface area contributed by atoms with Gasteiger partial charge in [0.15, 0.2) is 5.82 Å². The molecule has 5 heterocycles. The number of thiazole rings is 1. The minimum atomic E-state index is -1.07. The second-order valence-corrected chi connectivity index (χ2v) is 25.4. The number of rotatable bonds is 27. The second-order valence-electron chi connectivity index (χ2n) is 22.9. The van der Waals surface area contributed by atoms with Crippen LogP contribution >= 0.6 is 34.3 Å². The summed E-state index contributed by atoms with van der Waals surface area (Å²) in [7, 11) is 0. The number of nitrogens with one attached hydrogen (secondary N) is 4. The number of esters is 1. The number of hydrogen-bond donors (Lipinski definition) is 4. The number of unbranched alkanes of at least 4 members (excludes halogenated alkanes) is 2. The van der Waals surface area contributed by atoms with Gasteiger partial charge in [-0.2, -0.15) is 0 Å². The van der Waals surface area contributed by atoms with Gasteiger partial charge >= 0.3 is 12.1 Å². The zero-order chi connectivity index (χ0) is 60.7. The number of aromatic nitrogens is 4. The van der Waals surface area contributed by atoms with E-state index in [0.717, 1.165) is 54.0 Å². The van der Waals surface area contributed by atoms with Crippen molar-refractivity contribution in [2.75, 3.05) is 59.3 Å². The van der Waals surface area contributed by atoms with Crippen LogP contribution in [0, 0.1) is 33.1 Å². The number of nitrogens with zero attached hydrogens (tertiary/aromatic N) is 6. The van der Waals surface area contributed by atoms with Crippen LogP contribution in [-0.2, 0) is 54.2 Å². The van der Waals surface area contributed by atoms with Gasteiger partial charge in [-0.15, -0.1) is 32.9 Å². The summed E-state index contributed by atoms with van der Waals surface area (Å²) >= 11 is 9.45. The fourth-order valence-corrected chi connectivity index (χ4v) is 11.8. The molecule has 0 spiro atoms. The average molecular weight is 1220 g/mol. The number of likely N-dealkylation sites (tertiary alicyclic amines) is 1. The molecule has 5 amide bonds. The van der Waals surface area contributed by atoms with Gasteiger partial charge in [0.05, 0.1) is 67.8 Å². The molecule has 0 aliphatic carbocycles. The average Bonchev–Trinajstić information content (AvgIpc) is 1.99. The highest BCUT2D eigenvalue weighted by molar-refractivity contribution is 7.15. The summed E-state index contributed by atoms with van der Waals surface area (Å²) in [6, 6.07) is 12.7. The summed E-state index contributed by atoms with van der Waals surface area (Å²) in [5.74, 6) is -0.852. The maximum absolute atomic E-state index is 14.6. The number of carbonyl (C=O) groups excluding carboxylic acids is 6. The molecule has 1 saturated heterocycles. The van der Waals surface area contributed by atoms with E-state index >= 15 is 0 Å². The van der Waals surface area contributed by atoms with Gasteiger partial charge in [0.2, 0.25) is 23.6 Å². The summed E-state index contributed by atoms with van der Waals surface area (Å²) in [5, 5.41) is 21.9. The van der Waals surface area contributed by atoms with Crippen molar-refractivity contribution in [3.63, 3.8) is 0 Å². The zero-order valence-electron chi connectivity index (χ0n) is 49.7. The van der Waals surface area contributed by atoms with E-state index < -0.39 is 65.0 Å². The van der Waals surface area contributed by atoms with E-state index in [9.17, 15) is 28.8 Å². The van der Waals surface area contributed by atoms with Crippen molar-refractivity contribution in [2.24, 2.45) is 10.4 Å². The van der Waals surface area contributed by atoms with Crippen molar-refractivity contribution in [3.8, 4) is 15.4 Å². The van der Waals surface area contributed by atoms with Gasteiger partial charge in [-0.3, -0.25) is 33.5 Å². The van der Waals surface area contributed by atoms with Crippen molar-refractivity contribution in [2.45, 2.75) is 144 Å². The molecule has 4 atom stereocenters. The molecule has 24 heteroatoms. The molecule has 5 aromatic rings. The fourth-order valence-electron chi connectivity index (χ4n) is 9.62. The van der Waals surface area contributed by atoms with Crippen LogP contribution in [0.15, 0.2) is 59.0 Å². The van der Waals surface area contributed by atoms with Crippen LogP contribution in [-0.4, -0.2) is 149 Å². The summed E-state index contributed by atoms with van der Waals surface area (Å²) in [6.07, 6.45) is 0.740. The van der Waals surface area contributed by atoms with E-state index in [1.807, 2.05) is 87.7 Å². The standard InChI is InChI=1S/C60H79ClN10O11S2/c1-36-38(3)84-57-50(36)51(41-19-21-43(61)22-20-41)66-45(54-69-68-39(4)71(54)57)31-47(72)62-24-25-78-26-27-79-28-29-80-34-48(73)67-53(59(5,6)7)56(76)70-33-44(81-49(74)14-12-11-13-23-63-58(77)82-60(8,9)10)30-46(70)55(75)64-32-40-15-17-42(18-16-40)52-37(2)65-35-83-52/h15-22,35,44-46,53H,11-14,23-34H2,1-10H3,(H,62,72)(H,63,77)(H,64,75)(H,67,73)/t44-,45+,46+,53-/m1/s1. The first kappa shape index (κ1) is 64.9. The number of aryl methyl sites for hydroxylation is 3.